The molecule has 1 aromatic heterocycles. The zero-order valence-corrected chi connectivity index (χ0v) is 11.9. The summed E-state index contributed by atoms with van der Waals surface area (Å²) in [6.45, 7) is 4.98. The summed E-state index contributed by atoms with van der Waals surface area (Å²) in [6.07, 6.45) is 1.08. The summed E-state index contributed by atoms with van der Waals surface area (Å²) in [6, 6.07) is 16.8. The Balaban J connectivity index is 1.80. The van der Waals surface area contributed by atoms with Gasteiger partial charge in [-0.25, -0.2) is 0 Å². The molecule has 0 atom stereocenters. The SMILES string of the molecule is CCc1ccc(NCc2c(C)oc3ccccc23)cc1. The molecule has 0 saturated carbocycles. The van der Waals surface area contributed by atoms with Crippen LogP contribution < -0.4 is 5.32 Å². The van der Waals surface area contributed by atoms with E-state index in [4.69, 9.17) is 4.42 Å². The zero-order valence-electron chi connectivity index (χ0n) is 11.9. The van der Waals surface area contributed by atoms with Crippen LogP contribution in [0.25, 0.3) is 11.0 Å². The monoisotopic (exact) mass is 265 g/mol. The third kappa shape index (κ3) is 2.42. The van der Waals surface area contributed by atoms with Gasteiger partial charge in [-0.1, -0.05) is 37.3 Å². The summed E-state index contributed by atoms with van der Waals surface area (Å²) in [7, 11) is 0. The molecule has 0 aliphatic carbocycles. The van der Waals surface area contributed by atoms with Gasteiger partial charge in [0.15, 0.2) is 0 Å². The number of para-hydroxylation sites is 1. The quantitative estimate of drug-likeness (QED) is 0.724. The van der Waals surface area contributed by atoms with Crippen molar-refractivity contribution < 1.29 is 4.42 Å². The standard InChI is InChI=1S/C18H19NO/c1-3-14-8-10-15(11-9-14)19-12-17-13(2)20-18-7-5-4-6-16(17)18/h4-11,19H,3,12H2,1-2H3. The third-order valence-electron chi connectivity index (χ3n) is 3.73. The molecular formula is C18H19NO. The molecule has 0 aliphatic heterocycles. The molecular weight excluding hydrogens is 246 g/mol. The van der Waals surface area contributed by atoms with Crippen molar-refractivity contribution in [1.29, 1.82) is 0 Å². The fourth-order valence-electron chi connectivity index (χ4n) is 2.49. The number of furan rings is 1. The summed E-state index contributed by atoms with van der Waals surface area (Å²) in [4.78, 5) is 0. The Morgan fingerprint density at radius 2 is 1.75 bits per heavy atom. The van der Waals surface area contributed by atoms with E-state index in [2.05, 4.69) is 48.6 Å². The van der Waals surface area contributed by atoms with Crippen molar-refractivity contribution >= 4 is 16.7 Å². The topological polar surface area (TPSA) is 25.2 Å². The summed E-state index contributed by atoms with van der Waals surface area (Å²) in [5.74, 6) is 0.990. The van der Waals surface area contributed by atoms with E-state index < -0.39 is 0 Å². The van der Waals surface area contributed by atoms with E-state index in [1.165, 1.54) is 16.5 Å². The highest BCUT2D eigenvalue weighted by Gasteiger charge is 2.09. The molecule has 0 unspecified atom stereocenters. The molecule has 0 amide bonds. The molecule has 102 valence electrons. The van der Waals surface area contributed by atoms with Crippen LogP contribution >= 0.6 is 0 Å². The van der Waals surface area contributed by atoms with Crippen molar-refractivity contribution in [2.24, 2.45) is 0 Å². The molecule has 1 heterocycles. The highest BCUT2D eigenvalue weighted by atomic mass is 16.3. The lowest BCUT2D eigenvalue weighted by Crippen LogP contribution is -2.00. The van der Waals surface area contributed by atoms with Crippen molar-refractivity contribution in [3.8, 4) is 0 Å². The minimum Gasteiger partial charge on any atom is -0.461 e. The van der Waals surface area contributed by atoms with Crippen molar-refractivity contribution in [2.75, 3.05) is 5.32 Å². The molecule has 0 radical (unpaired) electrons. The molecule has 3 rings (SSSR count). The average molecular weight is 265 g/mol. The summed E-state index contributed by atoms with van der Waals surface area (Å²) in [5.41, 5.74) is 4.70. The lowest BCUT2D eigenvalue weighted by Gasteiger charge is -2.07. The third-order valence-corrected chi connectivity index (χ3v) is 3.73. The fraction of sp³-hybridized carbons (Fsp3) is 0.222. The fourth-order valence-corrected chi connectivity index (χ4v) is 2.49. The van der Waals surface area contributed by atoms with Crippen molar-refractivity contribution in [3.63, 3.8) is 0 Å². The predicted octanol–water partition coefficient (Wildman–Crippen LogP) is 4.92. The van der Waals surface area contributed by atoms with Crippen molar-refractivity contribution in [2.45, 2.75) is 26.8 Å². The summed E-state index contributed by atoms with van der Waals surface area (Å²) >= 11 is 0. The maximum atomic E-state index is 5.78. The number of nitrogens with one attached hydrogen (secondary N) is 1. The highest BCUT2D eigenvalue weighted by Crippen LogP contribution is 2.26. The van der Waals surface area contributed by atoms with Crippen LogP contribution in [-0.4, -0.2) is 0 Å². The van der Waals surface area contributed by atoms with Gasteiger partial charge in [-0.3, -0.25) is 0 Å². The second-order valence-electron chi connectivity index (χ2n) is 5.04. The Hall–Kier alpha value is -2.22. The molecule has 2 aromatic carbocycles. The van der Waals surface area contributed by atoms with Gasteiger partial charge >= 0.3 is 0 Å². The number of rotatable bonds is 4. The van der Waals surface area contributed by atoms with Gasteiger partial charge in [0.1, 0.15) is 11.3 Å². The first-order valence-corrected chi connectivity index (χ1v) is 7.07. The van der Waals surface area contributed by atoms with Crippen LogP contribution in [0.5, 0.6) is 0 Å². The molecule has 2 heteroatoms. The first-order valence-electron chi connectivity index (χ1n) is 7.07. The highest BCUT2D eigenvalue weighted by molar-refractivity contribution is 5.82. The molecule has 3 aromatic rings. The first kappa shape index (κ1) is 12.8. The maximum Gasteiger partial charge on any atom is 0.134 e. The first-order chi connectivity index (χ1) is 9.78. The number of benzene rings is 2. The number of hydrogen-bond donors (Lipinski definition) is 1. The second-order valence-corrected chi connectivity index (χ2v) is 5.04. The van der Waals surface area contributed by atoms with Crippen LogP contribution in [-0.2, 0) is 13.0 Å². The predicted molar refractivity (Wildman–Crippen MR) is 84.1 cm³/mol. The number of hydrogen-bond acceptors (Lipinski definition) is 2. The van der Waals surface area contributed by atoms with Crippen LogP contribution in [0.15, 0.2) is 52.9 Å². The van der Waals surface area contributed by atoms with E-state index in [0.717, 1.165) is 30.0 Å². The lowest BCUT2D eigenvalue weighted by atomic mass is 10.1. The summed E-state index contributed by atoms with van der Waals surface area (Å²) < 4.78 is 5.78. The van der Waals surface area contributed by atoms with Gasteiger partial charge in [0, 0.05) is 23.2 Å². The van der Waals surface area contributed by atoms with Crippen LogP contribution in [0.1, 0.15) is 23.8 Å². The van der Waals surface area contributed by atoms with Gasteiger partial charge in [0.25, 0.3) is 0 Å². The van der Waals surface area contributed by atoms with Crippen LogP contribution in [0.2, 0.25) is 0 Å². The van der Waals surface area contributed by atoms with Crippen molar-refractivity contribution in [3.05, 3.63) is 65.4 Å². The molecule has 0 aliphatic rings. The molecule has 0 fully saturated rings. The summed E-state index contributed by atoms with van der Waals surface area (Å²) in [5, 5.41) is 4.67. The molecule has 1 N–H and O–H groups in total. The number of aryl methyl sites for hydroxylation is 2. The van der Waals surface area contributed by atoms with E-state index >= 15 is 0 Å². The normalized spacial score (nSPS) is 10.9. The van der Waals surface area contributed by atoms with E-state index in [1.54, 1.807) is 0 Å². The van der Waals surface area contributed by atoms with Crippen LogP contribution in [0, 0.1) is 6.92 Å². The Bertz CT molecular complexity index is 710. The van der Waals surface area contributed by atoms with Crippen molar-refractivity contribution in [1.82, 2.24) is 0 Å². The molecule has 20 heavy (non-hydrogen) atoms. The minimum absolute atomic E-state index is 0.786. The average Bonchev–Trinajstić information content (AvgIpc) is 2.81. The van der Waals surface area contributed by atoms with Crippen LogP contribution in [0.4, 0.5) is 5.69 Å². The van der Waals surface area contributed by atoms with E-state index in [1.807, 2.05) is 19.1 Å². The largest absolute Gasteiger partial charge is 0.461 e. The van der Waals surface area contributed by atoms with E-state index in [0.29, 0.717) is 0 Å². The smallest absolute Gasteiger partial charge is 0.134 e. The maximum absolute atomic E-state index is 5.78. The second kappa shape index (κ2) is 5.41. The Kier molecular flexibility index (Phi) is 3.46. The zero-order chi connectivity index (χ0) is 13.9. The van der Waals surface area contributed by atoms with Gasteiger partial charge in [0.05, 0.1) is 0 Å². The van der Waals surface area contributed by atoms with Gasteiger partial charge < -0.3 is 9.73 Å². The van der Waals surface area contributed by atoms with E-state index in [9.17, 15) is 0 Å². The van der Waals surface area contributed by atoms with Crippen LogP contribution in [0.3, 0.4) is 0 Å². The number of anilines is 1. The van der Waals surface area contributed by atoms with Gasteiger partial charge in [-0.05, 0) is 37.1 Å². The molecule has 0 bridgehead atoms. The number of fused-ring (bicyclic) bond motifs is 1. The lowest BCUT2D eigenvalue weighted by molar-refractivity contribution is 0.573. The van der Waals surface area contributed by atoms with E-state index in [-0.39, 0.29) is 0 Å². The van der Waals surface area contributed by atoms with Gasteiger partial charge in [0.2, 0.25) is 0 Å². The molecule has 0 spiro atoms. The molecule has 0 saturated heterocycles. The molecule has 2 nitrogen and oxygen atoms in total. The Labute approximate surface area is 119 Å². The Morgan fingerprint density at radius 3 is 2.50 bits per heavy atom. The Morgan fingerprint density at radius 1 is 1.00 bits per heavy atom. The van der Waals surface area contributed by atoms with Gasteiger partial charge in [-0.2, -0.15) is 0 Å². The minimum atomic E-state index is 0.786. The van der Waals surface area contributed by atoms with Gasteiger partial charge in [-0.15, -0.1) is 0 Å².